The van der Waals surface area contributed by atoms with Crippen molar-refractivity contribution in [3.05, 3.63) is 29.6 Å². The maximum absolute atomic E-state index is 13.1. The highest BCUT2D eigenvalue weighted by molar-refractivity contribution is 7.89. The van der Waals surface area contributed by atoms with Gasteiger partial charge in [-0.25, -0.2) is 12.8 Å². The zero-order valence-electron chi connectivity index (χ0n) is 11.3. The number of halogens is 1. The molecule has 1 unspecified atom stereocenters. The molecule has 110 valence electrons. The zero-order valence-corrected chi connectivity index (χ0v) is 12.1. The summed E-state index contributed by atoms with van der Waals surface area (Å²) in [5.74, 6) is -1.69. The van der Waals surface area contributed by atoms with Crippen LogP contribution in [0.1, 0.15) is 25.3 Å². The van der Waals surface area contributed by atoms with E-state index in [2.05, 4.69) is 0 Å². The van der Waals surface area contributed by atoms with Crippen LogP contribution < -0.4 is 0 Å². The van der Waals surface area contributed by atoms with Crippen LogP contribution in [0.5, 0.6) is 0 Å². The van der Waals surface area contributed by atoms with Gasteiger partial charge in [0.1, 0.15) is 11.4 Å². The number of benzene rings is 1. The third kappa shape index (κ3) is 2.20. The average molecular weight is 301 g/mol. The fourth-order valence-electron chi connectivity index (χ4n) is 2.56. The van der Waals surface area contributed by atoms with E-state index in [1.807, 2.05) is 0 Å². The van der Waals surface area contributed by atoms with Crippen LogP contribution in [-0.2, 0) is 14.8 Å². The maximum Gasteiger partial charge on any atom is 0.324 e. The van der Waals surface area contributed by atoms with Gasteiger partial charge in [-0.15, -0.1) is 0 Å². The first-order valence-electron chi connectivity index (χ1n) is 6.22. The normalized spacial score (nSPS) is 23.9. The highest BCUT2D eigenvalue weighted by Gasteiger charge is 2.50. The van der Waals surface area contributed by atoms with Gasteiger partial charge in [0, 0.05) is 6.54 Å². The molecule has 1 aliphatic rings. The minimum Gasteiger partial charge on any atom is -0.480 e. The summed E-state index contributed by atoms with van der Waals surface area (Å²) in [5, 5.41) is 9.30. The third-order valence-corrected chi connectivity index (χ3v) is 5.92. The van der Waals surface area contributed by atoms with E-state index in [0.717, 1.165) is 16.4 Å². The second kappa shape index (κ2) is 4.82. The lowest BCUT2D eigenvalue weighted by Gasteiger charge is -2.30. The first kappa shape index (κ1) is 14.9. The fraction of sp³-hybridized carbons (Fsp3) is 0.462. The molecule has 0 spiro atoms. The van der Waals surface area contributed by atoms with Crippen LogP contribution in [0.2, 0.25) is 0 Å². The highest BCUT2D eigenvalue weighted by Crippen LogP contribution is 2.35. The molecule has 2 rings (SSSR count). The van der Waals surface area contributed by atoms with E-state index in [1.54, 1.807) is 0 Å². The topological polar surface area (TPSA) is 74.7 Å². The van der Waals surface area contributed by atoms with Crippen LogP contribution in [0.4, 0.5) is 4.39 Å². The fourth-order valence-corrected chi connectivity index (χ4v) is 4.57. The molecule has 20 heavy (non-hydrogen) atoms. The molecule has 0 aliphatic carbocycles. The third-order valence-electron chi connectivity index (χ3n) is 3.74. The van der Waals surface area contributed by atoms with Gasteiger partial charge in [-0.1, -0.05) is 0 Å². The van der Waals surface area contributed by atoms with Crippen molar-refractivity contribution in [2.45, 2.75) is 37.1 Å². The molecule has 1 saturated heterocycles. The molecule has 1 aromatic rings. The Morgan fingerprint density at radius 1 is 1.45 bits per heavy atom. The van der Waals surface area contributed by atoms with Gasteiger partial charge in [0.25, 0.3) is 0 Å². The minimum atomic E-state index is -3.95. The van der Waals surface area contributed by atoms with Crippen LogP contribution in [0.25, 0.3) is 0 Å². The molecule has 7 heteroatoms. The summed E-state index contributed by atoms with van der Waals surface area (Å²) in [6, 6.07) is 3.37. The quantitative estimate of drug-likeness (QED) is 0.923. The average Bonchev–Trinajstić information content (AvgIpc) is 2.73. The Hall–Kier alpha value is -1.47. The lowest BCUT2D eigenvalue weighted by atomic mass is 10.0. The van der Waals surface area contributed by atoms with E-state index < -0.39 is 27.3 Å². The second-order valence-electron chi connectivity index (χ2n) is 5.17. The van der Waals surface area contributed by atoms with Crippen molar-refractivity contribution in [2.24, 2.45) is 0 Å². The highest BCUT2D eigenvalue weighted by atomic mass is 32.2. The minimum absolute atomic E-state index is 0.0479. The molecule has 1 fully saturated rings. The lowest BCUT2D eigenvalue weighted by Crippen LogP contribution is -2.50. The van der Waals surface area contributed by atoms with Crippen molar-refractivity contribution < 1.29 is 22.7 Å². The predicted molar refractivity (Wildman–Crippen MR) is 70.3 cm³/mol. The lowest BCUT2D eigenvalue weighted by molar-refractivity contribution is -0.146. The summed E-state index contributed by atoms with van der Waals surface area (Å²) >= 11 is 0. The zero-order chi connectivity index (χ0) is 15.1. The van der Waals surface area contributed by atoms with Crippen molar-refractivity contribution in [2.75, 3.05) is 6.54 Å². The maximum atomic E-state index is 13.1. The molecule has 0 amide bonds. The molecule has 0 saturated carbocycles. The van der Waals surface area contributed by atoms with Gasteiger partial charge < -0.3 is 5.11 Å². The van der Waals surface area contributed by atoms with E-state index in [-0.39, 0.29) is 23.4 Å². The SMILES string of the molecule is Cc1cc(F)ccc1S(=O)(=O)N1CCCC1(C)C(=O)O. The van der Waals surface area contributed by atoms with E-state index >= 15 is 0 Å². The van der Waals surface area contributed by atoms with E-state index in [0.29, 0.717) is 6.42 Å². The number of rotatable bonds is 3. The number of hydrogen-bond acceptors (Lipinski definition) is 3. The molecule has 1 aromatic carbocycles. The molecular weight excluding hydrogens is 285 g/mol. The van der Waals surface area contributed by atoms with E-state index in [9.17, 15) is 22.7 Å². The number of aryl methyl sites for hydroxylation is 1. The van der Waals surface area contributed by atoms with Crippen molar-refractivity contribution >= 4 is 16.0 Å². The Bertz CT molecular complexity index is 658. The van der Waals surface area contributed by atoms with Crippen molar-refractivity contribution in [3.63, 3.8) is 0 Å². The smallest absolute Gasteiger partial charge is 0.324 e. The Kier molecular flexibility index (Phi) is 3.60. The molecule has 0 bridgehead atoms. The standard InChI is InChI=1S/C13H16FNO4S/c1-9-8-10(14)4-5-11(9)20(18,19)15-7-3-6-13(15,2)12(16)17/h4-5,8H,3,6-7H2,1-2H3,(H,16,17). The Morgan fingerprint density at radius 2 is 2.10 bits per heavy atom. The van der Waals surface area contributed by atoms with Crippen LogP contribution in [-0.4, -0.2) is 35.9 Å². The van der Waals surface area contributed by atoms with Gasteiger partial charge in [0.15, 0.2) is 0 Å². The number of carboxylic acids is 1. The Balaban J connectivity index is 2.53. The van der Waals surface area contributed by atoms with Crippen LogP contribution >= 0.6 is 0 Å². The molecule has 0 aromatic heterocycles. The summed E-state index contributed by atoms with van der Waals surface area (Å²) in [6.07, 6.45) is 0.754. The van der Waals surface area contributed by atoms with Gasteiger partial charge in [-0.3, -0.25) is 4.79 Å². The predicted octanol–water partition coefficient (Wildman–Crippen LogP) is 1.76. The molecule has 1 heterocycles. The molecule has 1 atom stereocenters. The largest absolute Gasteiger partial charge is 0.480 e. The number of carbonyl (C=O) groups is 1. The number of sulfonamides is 1. The summed E-state index contributed by atoms with van der Waals surface area (Å²) in [7, 11) is -3.95. The molecule has 5 nitrogen and oxygen atoms in total. The first-order chi connectivity index (χ1) is 9.19. The van der Waals surface area contributed by atoms with Crippen molar-refractivity contribution in [1.82, 2.24) is 4.31 Å². The summed E-state index contributed by atoms with van der Waals surface area (Å²) < 4.78 is 39.3. The monoisotopic (exact) mass is 301 g/mol. The van der Waals surface area contributed by atoms with E-state index in [1.165, 1.54) is 19.9 Å². The molecular formula is C13H16FNO4S. The van der Waals surface area contributed by atoms with Crippen LogP contribution in [0.15, 0.2) is 23.1 Å². The summed E-state index contributed by atoms with van der Waals surface area (Å²) in [5.41, 5.74) is -1.18. The van der Waals surface area contributed by atoms with Gasteiger partial charge in [-0.05, 0) is 50.5 Å². The Morgan fingerprint density at radius 3 is 2.65 bits per heavy atom. The van der Waals surface area contributed by atoms with E-state index in [4.69, 9.17) is 0 Å². The summed E-state index contributed by atoms with van der Waals surface area (Å²) in [6.45, 7) is 3.05. The molecule has 0 radical (unpaired) electrons. The van der Waals surface area contributed by atoms with Gasteiger partial charge in [-0.2, -0.15) is 4.31 Å². The Labute approximate surface area is 117 Å². The summed E-state index contributed by atoms with van der Waals surface area (Å²) in [4.78, 5) is 11.3. The van der Waals surface area contributed by atoms with Crippen molar-refractivity contribution in [3.8, 4) is 0 Å². The first-order valence-corrected chi connectivity index (χ1v) is 7.66. The molecule has 1 aliphatic heterocycles. The van der Waals surface area contributed by atoms with Gasteiger partial charge >= 0.3 is 5.97 Å². The van der Waals surface area contributed by atoms with Crippen LogP contribution in [0, 0.1) is 12.7 Å². The number of carboxylic acid groups (broad SMARTS) is 1. The van der Waals surface area contributed by atoms with Crippen molar-refractivity contribution in [1.29, 1.82) is 0 Å². The van der Waals surface area contributed by atoms with Crippen LogP contribution in [0.3, 0.4) is 0 Å². The number of nitrogens with zero attached hydrogens (tertiary/aromatic N) is 1. The number of aliphatic carboxylic acids is 1. The van der Waals surface area contributed by atoms with Gasteiger partial charge in [0.05, 0.1) is 4.90 Å². The number of hydrogen-bond donors (Lipinski definition) is 1. The van der Waals surface area contributed by atoms with Gasteiger partial charge in [0.2, 0.25) is 10.0 Å². The molecule has 1 N–H and O–H groups in total. The second-order valence-corrected chi connectivity index (χ2v) is 7.00.